The molecule has 1 fully saturated rings. The largest absolute Gasteiger partial charge is 0.444 e. The van der Waals surface area contributed by atoms with Crippen LogP contribution >= 0.6 is 0 Å². The zero-order valence-electron chi connectivity index (χ0n) is 12.1. The summed E-state index contributed by atoms with van der Waals surface area (Å²) in [4.78, 5) is 26.5. The van der Waals surface area contributed by atoms with E-state index >= 15 is 0 Å². The number of hydrogen-bond donors (Lipinski definition) is 1. The lowest BCUT2D eigenvalue weighted by molar-refractivity contribution is -0.118. The van der Waals surface area contributed by atoms with Gasteiger partial charge in [-0.25, -0.2) is 4.79 Å². The second kappa shape index (κ2) is 6.75. The standard InChI is InChI=1S/C13H25N3O3/c1-13(2,3)19-12(18)16-9-7-15(8-10-16)6-4-5-11(14)17/h4-10H2,1-3H3,(H2,14,17). The van der Waals surface area contributed by atoms with E-state index in [4.69, 9.17) is 10.5 Å². The summed E-state index contributed by atoms with van der Waals surface area (Å²) in [6.45, 7) is 9.43. The van der Waals surface area contributed by atoms with Crippen molar-refractivity contribution in [3.05, 3.63) is 0 Å². The normalized spacial score (nSPS) is 17.3. The molecular formula is C13H25N3O3. The maximum Gasteiger partial charge on any atom is 0.410 e. The maximum absolute atomic E-state index is 11.8. The molecule has 1 aliphatic heterocycles. The Bertz CT molecular complexity index is 318. The molecule has 110 valence electrons. The summed E-state index contributed by atoms with van der Waals surface area (Å²) in [5.74, 6) is -0.257. The number of primary amides is 1. The van der Waals surface area contributed by atoms with Gasteiger partial charge in [-0.05, 0) is 33.7 Å². The number of hydrogen-bond acceptors (Lipinski definition) is 4. The van der Waals surface area contributed by atoms with Crippen molar-refractivity contribution < 1.29 is 14.3 Å². The third-order valence-corrected chi connectivity index (χ3v) is 2.92. The summed E-state index contributed by atoms with van der Waals surface area (Å²) >= 11 is 0. The summed E-state index contributed by atoms with van der Waals surface area (Å²) in [6.07, 6.45) is 0.956. The molecule has 1 saturated heterocycles. The summed E-state index contributed by atoms with van der Waals surface area (Å²) < 4.78 is 5.33. The molecule has 0 bridgehead atoms. The number of piperazine rings is 1. The molecule has 0 saturated carbocycles. The van der Waals surface area contributed by atoms with Crippen molar-refractivity contribution in [3.8, 4) is 0 Å². The van der Waals surface area contributed by atoms with Gasteiger partial charge in [0.25, 0.3) is 0 Å². The van der Waals surface area contributed by atoms with Gasteiger partial charge >= 0.3 is 6.09 Å². The first-order chi connectivity index (χ1) is 8.78. The minimum Gasteiger partial charge on any atom is -0.444 e. The second-order valence-electron chi connectivity index (χ2n) is 5.88. The smallest absolute Gasteiger partial charge is 0.410 e. The molecule has 0 spiro atoms. The quantitative estimate of drug-likeness (QED) is 0.820. The van der Waals surface area contributed by atoms with E-state index in [0.29, 0.717) is 19.5 Å². The van der Waals surface area contributed by atoms with Crippen molar-refractivity contribution in [1.82, 2.24) is 9.80 Å². The second-order valence-corrected chi connectivity index (χ2v) is 5.88. The molecule has 6 heteroatoms. The SMILES string of the molecule is CC(C)(C)OC(=O)N1CCN(CCCC(N)=O)CC1. The summed E-state index contributed by atoms with van der Waals surface area (Å²) in [6, 6.07) is 0. The maximum atomic E-state index is 11.8. The minimum atomic E-state index is -0.449. The van der Waals surface area contributed by atoms with Crippen molar-refractivity contribution in [2.45, 2.75) is 39.2 Å². The van der Waals surface area contributed by atoms with E-state index < -0.39 is 5.60 Å². The molecule has 0 aromatic heterocycles. The van der Waals surface area contributed by atoms with Crippen LogP contribution in [0.15, 0.2) is 0 Å². The van der Waals surface area contributed by atoms with E-state index in [1.54, 1.807) is 4.90 Å². The first-order valence-electron chi connectivity index (χ1n) is 6.76. The van der Waals surface area contributed by atoms with Gasteiger partial charge in [0.15, 0.2) is 0 Å². The molecule has 0 atom stereocenters. The van der Waals surface area contributed by atoms with E-state index in [1.807, 2.05) is 20.8 Å². The third-order valence-electron chi connectivity index (χ3n) is 2.92. The van der Waals surface area contributed by atoms with E-state index in [2.05, 4.69) is 4.90 Å². The zero-order valence-corrected chi connectivity index (χ0v) is 12.1. The van der Waals surface area contributed by atoms with E-state index in [0.717, 1.165) is 26.1 Å². The van der Waals surface area contributed by atoms with Crippen LogP contribution in [0.5, 0.6) is 0 Å². The van der Waals surface area contributed by atoms with Crippen LogP contribution in [0.2, 0.25) is 0 Å². The highest BCUT2D eigenvalue weighted by Gasteiger charge is 2.25. The Morgan fingerprint density at radius 3 is 2.21 bits per heavy atom. The van der Waals surface area contributed by atoms with Crippen molar-refractivity contribution in [2.75, 3.05) is 32.7 Å². The number of carbonyl (C=O) groups is 2. The molecule has 0 aromatic carbocycles. The fraction of sp³-hybridized carbons (Fsp3) is 0.846. The van der Waals surface area contributed by atoms with Crippen molar-refractivity contribution in [1.29, 1.82) is 0 Å². The Kier molecular flexibility index (Phi) is 5.60. The first-order valence-corrected chi connectivity index (χ1v) is 6.76. The number of amides is 2. The predicted molar refractivity (Wildman–Crippen MR) is 72.7 cm³/mol. The van der Waals surface area contributed by atoms with Gasteiger partial charge in [-0.2, -0.15) is 0 Å². The Hall–Kier alpha value is -1.30. The fourth-order valence-electron chi connectivity index (χ4n) is 1.96. The lowest BCUT2D eigenvalue weighted by Gasteiger charge is -2.35. The van der Waals surface area contributed by atoms with Crippen LogP contribution in [0.25, 0.3) is 0 Å². The molecule has 1 heterocycles. The Morgan fingerprint density at radius 1 is 1.16 bits per heavy atom. The van der Waals surface area contributed by atoms with Gasteiger partial charge in [0.1, 0.15) is 5.60 Å². The lowest BCUT2D eigenvalue weighted by Crippen LogP contribution is -2.50. The van der Waals surface area contributed by atoms with E-state index in [1.165, 1.54) is 0 Å². The van der Waals surface area contributed by atoms with Gasteiger partial charge in [-0.3, -0.25) is 9.69 Å². The highest BCUT2D eigenvalue weighted by Crippen LogP contribution is 2.12. The monoisotopic (exact) mass is 271 g/mol. The number of nitrogens with zero attached hydrogens (tertiary/aromatic N) is 2. The molecule has 0 aromatic rings. The first kappa shape index (κ1) is 15.8. The van der Waals surface area contributed by atoms with Crippen molar-refractivity contribution in [2.24, 2.45) is 5.73 Å². The predicted octanol–water partition coefficient (Wildman–Crippen LogP) is 0.805. The molecule has 0 radical (unpaired) electrons. The average molecular weight is 271 g/mol. The molecule has 1 aliphatic rings. The molecule has 1 rings (SSSR count). The van der Waals surface area contributed by atoms with Crippen LogP contribution in [-0.4, -0.2) is 60.1 Å². The molecule has 0 unspecified atom stereocenters. The van der Waals surface area contributed by atoms with Crippen LogP contribution in [0.3, 0.4) is 0 Å². The van der Waals surface area contributed by atoms with E-state index in [9.17, 15) is 9.59 Å². The van der Waals surface area contributed by atoms with Crippen LogP contribution in [-0.2, 0) is 9.53 Å². The molecule has 6 nitrogen and oxygen atoms in total. The van der Waals surface area contributed by atoms with Gasteiger partial charge in [-0.1, -0.05) is 0 Å². The van der Waals surface area contributed by atoms with E-state index in [-0.39, 0.29) is 12.0 Å². The van der Waals surface area contributed by atoms with Crippen LogP contribution in [0.4, 0.5) is 4.79 Å². The third kappa shape index (κ3) is 6.42. The summed E-state index contributed by atoms with van der Waals surface area (Å²) in [7, 11) is 0. The van der Waals surface area contributed by atoms with Gasteiger partial charge < -0.3 is 15.4 Å². The van der Waals surface area contributed by atoms with Crippen LogP contribution < -0.4 is 5.73 Å². The van der Waals surface area contributed by atoms with Gasteiger partial charge in [0.05, 0.1) is 0 Å². The van der Waals surface area contributed by atoms with Gasteiger partial charge in [0, 0.05) is 32.6 Å². The number of rotatable bonds is 4. The molecular weight excluding hydrogens is 246 g/mol. The fourth-order valence-corrected chi connectivity index (χ4v) is 1.96. The van der Waals surface area contributed by atoms with Crippen LogP contribution in [0.1, 0.15) is 33.6 Å². The lowest BCUT2D eigenvalue weighted by atomic mass is 10.2. The Labute approximate surface area is 114 Å². The van der Waals surface area contributed by atoms with Crippen LogP contribution in [0, 0.1) is 0 Å². The highest BCUT2D eigenvalue weighted by molar-refractivity contribution is 5.73. The van der Waals surface area contributed by atoms with Crippen molar-refractivity contribution in [3.63, 3.8) is 0 Å². The van der Waals surface area contributed by atoms with Crippen molar-refractivity contribution >= 4 is 12.0 Å². The Morgan fingerprint density at radius 2 is 1.74 bits per heavy atom. The molecule has 0 aliphatic carbocycles. The number of nitrogens with two attached hydrogens (primary N) is 1. The zero-order chi connectivity index (χ0) is 14.5. The highest BCUT2D eigenvalue weighted by atomic mass is 16.6. The summed E-state index contributed by atoms with van der Waals surface area (Å²) in [5, 5.41) is 0. The molecule has 2 amide bonds. The number of carbonyl (C=O) groups excluding carboxylic acids is 2. The van der Waals surface area contributed by atoms with Gasteiger partial charge in [-0.15, -0.1) is 0 Å². The number of ether oxygens (including phenoxy) is 1. The Balaban J connectivity index is 2.25. The van der Waals surface area contributed by atoms with Gasteiger partial charge in [0.2, 0.25) is 5.91 Å². The average Bonchev–Trinajstić information content (AvgIpc) is 2.27. The molecule has 19 heavy (non-hydrogen) atoms. The molecule has 2 N–H and O–H groups in total. The topological polar surface area (TPSA) is 75.9 Å². The minimum absolute atomic E-state index is 0.246. The summed E-state index contributed by atoms with van der Waals surface area (Å²) in [5.41, 5.74) is 4.65.